The summed E-state index contributed by atoms with van der Waals surface area (Å²) in [5.74, 6) is 1.41. The van der Waals surface area contributed by atoms with E-state index in [1.165, 1.54) is 82.1 Å². The maximum absolute atomic E-state index is 2.45. The molecule has 1 aromatic heterocycles. The SMILES string of the molecule is CCCCCCCCCCCCC[n+]1ccn(-c2ccccc2)c1CC. The van der Waals surface area contributed by atoms with Crippen molar-refractivity contribution in [3.63, 3.8) is 0 Å². The first kappa shape index (κ1) is 20.7. The predicted octanol–water partition coefficient (Wildman–Crippen LogP) is 6.64. The number of imidazole rings is 1. The van der Waals surface area contributed by atoms with Crippen molar-refractivity contribution in [3.05, 3.63) is 48.5 Å². The van der Waals surface area contributed by atoms with Gasteiger partial charge in [0.2, 0.25) is 0 Å². The fraction of sp³-hybridized carbons (Fsp3) is 0.625. The Balaban J connectivity index is 1.62. The third-order valence-corrected chi connectivity index (χ3v) is 5.36. The van der Waals surface area contributed by atoms with Gasteiger partial charge in [-0.05, 0) is 25.0 Å². The molecule has 0 N–H and O–H groups in total. The zero-order valence-corrected chi connectivity index (χ0v) is 17.1. The Labute approximate surface area is 161 Å². The van der Waals surface area contributed by atoms with Gasteiger partial charge >= 0.3 is 0 Å². The number of hydrogen-bond acceptors (Lipinski definition) is 0. The molecule has 0 amide bonds. The lowest BCUT2D eigenvalue weighted by Crippen LogP contribution is -2.36. The number of rotatable bonds is 14. The molecule has 0 fully saturated rings. The van der Waals surface area contributed by atoms with E-state index in [0.29, 0.717) is 0 Å². The van der Waals surface area contributed by atoms with E-state index < -0.39 is 0 Å². The maximum Gasteiger partial charge on any atom is 0.261 e. The highest BCUT2D eigenvalue weighted by Crippen LogP contribution is 2.12. The van der Waals surface area contributed by atoms with Crippen molar-refractivity contribution in [1.29, 1.82) is 0 Å². The van der Waals surface area contributed by atoms with Gasteiger partial charge in [0, 0.05) is 6.42 Å². The van der Waals surface area contributed by atoms with Gasteiger partial charge in [0.05, 0.1) is 6.54 Å². The van der Waals surface area contributed by atoms with Crippen LogP contribution in [0.25, 0.3) is 5.69 Å². The molecule has 1 heterocycles. The van der Waals surface area contributed by atoms with E-state index in [4.69, 9.17) is 0 Å². The lowest BCUT2D eigenvalue weighted by Gasteiger charge is -2.04. The third kappa shape index (κ3) is 6.97. The Hall–Kier alpha value is -1.57. The number of unbranched alkanes of at least 4 members (excludes halogenated alkanes) is 10. The Kier molecular flexibility index (Phi) is 10.2. The number of nitrogens with zero attached hydrogens (tertiary/aromatic N) is 2. The zero-order valence-electron chi connectivity index (χ0n) is 17.1. The van der Waals surface area contributed by atoms with Crippen molar-refractivity contribution < 1.29 is 4.57 Å². The fourth-order valence-electron chi connectivity index (χ4n) is 3.80. The van der Waals surface area contributed by atoms with Crippen LogP contribution in [0.1, 0.15) is 90.3 Å². The summed E-state index contributed by atoms with van der Waals surface area (Å²) in [7, 11) is 0. The van der Waals surface area contributed by atoms with Crippen LogP contribution in [-0.2, 0) is 13.0 Å². The Bertz CT molecular complexity index is 586. The summed E-state index contributed by atoms with van der Waals surface area (Å²) in [6.45, 7) is 5.70. The van der Waals surface area contributed by atoms with Crippen LogP contribution in [0.5, 0.6) is 0 Å². The van der Waals surface area contributed by atoms with E-state index in [0.717, 1.165) is 13.0 Å². The van der Waals surface area contributed by atoms with Crippen molar-refractivity contribution in [2.24, 2.45) is 0 Å². The molecule has 0 radical (unpaired) electrons. The first-order valence-corrected chi connectivity index (χ1v) is 11.0. The number of benzene rings is 1. The minimum Gasteiger partial charge on any atom is -0.234 e. The number of aryl methyl sites for hydroxylation is 1. The molecule has 26 heavy (non-hydrogen) atoms. The molecule has 2 heteroatoms. The molecule has 2 nitrogen and oxygen atoms in total. The van der Waals surface area contributed by atoms with Gasteiger partial charge < -0.3 is 0 Å². The summed E-state index contributed by atoms with van der Waals surface area (Å²) < 4.78 is 4.78. The smallest absolute Gasteiger partial charge is 0.234 e. The van der Waals surface area contributed by atoms with Crippen LogP contribution in [0.4, 0.5) is 0 Å². The van der Waals surface area contributed by atoms with E-state index in [2.05, 4.69) is 65.7 Å². The molecule has 0 bridgehead atoms. The molecular weight excluding hydrogens is 316 g/mol. The highest BCUT2D eigenvalue weighted by molar-refractivity contribution is 5.31. The summed E-state index contributed by atoms with van der Waals surface area (Å²) in [5, 5.41) is 0. The van der Waals surface area contributed by atoms with E-state index in [1.807, 2.05) is 0 Å². The molecule has 1 aromatic carbocycles. The summed E-state index contributed by atoms with van der Waals surface area (Å²) in [6, 6.07) is 10.7. The van der Waals surface area contributed by atoms with Gasteiger partial charge in [-0.2, -0.15) is 4.57 Å². The fourth-order valence-corrected chi connectivity index (χ4v) is 3.80. The van der Waals surface area contributed by atoms with Gasteiger partial charge in [-0.15, -0.1) is 0 Å². The third-order valence-electron chi connectivity index (χ3n) is 5.36. The van der Waals surface area contributed by atoms with Crippen molar-refractivity contribution in [2.75, 3.05) is 0 Å². The molecule has 2 aromatic rings. The highest BCUT2D eigenvalue weighted by atomic mass is 15.1. The van der Waals surface area contributed by atoms with Crippen molar-refractivity contribution in [2.45, 2.75) is 97.4 Å². The van der Waals surface area contributed by atoms with Crippen molar-refractivity contribution in [3.8, 4) is 5.69 Å². The van der Waals surface area contributed by atoms with Crippen LogP contribution in [0.2, 0.25) is 0 Å². The molecule has 0 unspecified atom stereocenters. The molecule has 2 rings (SSSR count). The van der Waals surface area contributed by atoms with Crippen LogP contribution < -0.4 is 4.57 Å². The van der Waals surface area contributed by atoms with E-state index in [1.54, 1.807) is 0 Å². The first-order valence-electron chi connectivity index (χ1n) is 11.0. The molecule has 0 aliphatic carbocycles. The largest absolute Gasteiger partial charge is 0.261 e. The van der Waals surface area contributed by atoms with Crippen LogP contribution in [0.3, 0.4) is 0 Å². The standard InChI is InChI=1S/C24H39N2/c1-3-5-6-7-8-9-10-11-12-13-17-20-25-21-22-26(24(25)4-2)23-18-15-14-16-19-23/h14-16,18-19,21-22H,3-13,17,20H2,1-2H3/q+1. The average Bonchev–Trinajstić information content (AvgIpc) is 3.09. The lowest BCUT2D eigenvalue weighted by molar-refractivity contribution is -0.703. The van der Waals surface area contributed by atoms with Crippen LogP contribution in [-0.4, -0.2) is 4.57 Å². The lowest BCUT2D eigenvalue weighted by atomic mass is 10.1. The molecule has 144 valence electrons. The van der Waals surface area contributed by atoms with E-state index >= 15 is 0 Å². The second kappa shape index (κ2) is 12.7. The topological polar surface area (TPSA) is 8.81 Å². The van der Waals surface area contributed by atoms with Gasteiger partial charge in [0.25, 0.3) is 5.82 Å². The second-order valence-electron chi connectivity index (χ2n) is 7.50. The average molecular weight is 356 g/mol. The maximum atomic E-state index is 2.45. The summed E-state index contributed by atoms with van der Waals surface area (Å²) in [5.41, 5.74) is 1.27. The molecular formula is C24H39N2+. The minimum atomic E-state index is 1.07. The Morgan fingerprint density at radius 1 is 0.731 bits per heavy atom. The van der Waals surface area contributed by atoms with Crippen molar-refractivity contribution >= 4 is 0 Å². The second-order valence-corrected chi connectivity index (χ2v) is 7.50. The number of aromatic nitrogens is 2. The summed E-state index contributed by atoms with van der Waals surface area (Å²) >= 11 is 0. The van der Waals surface area contributed by atoms with Crippen LogP contribution in [0, 0.1) is 0 Å². The molecule has 0 saturated carbocycles. The summed E-state index contributed by atoms with van der Waals surface area (Å²) in [4.78, 5) is 0. The van der Waals surface area contributed by atoms with Gasteiger partial charge in [-0.25, -0.2) is 4.57 Å². The normalized spacial score (nSPS) is 11.2. The van der Waals surface area contributed by atoms with E-state index in [-0.39, 0.29) is 0 Å². The molecule has 0 saturated heterocycles. The van der Waals surface area contributed by atoms with Crippen LogP contribution in [0.15, 0.2) is 42.7 Å². The monoisotopic (exact) mass is 355 g/mol. The highest BCUT2D eigenvalue weighted by Gasteiger charge is 2.16. The van der Waals surface area contributed by atoms with Gasteiger partial charge in [-0.3, -0.25) is 0 Å². The molecule has 0 aliphatic rings. The number of para-hydroxylation sites is 1. The first-order chi connectivity index (χ1) is 12.9. The Morgan fingerprint density at radius 2 is 1.31 bits per heavy atom. The zero-order chi connectivity index (χ0) is 18.5. The molecule has 0 aliphatic heterocycles. The molecule has 0 atom stereocenters. The van der Waals surface area contributed by atoms with Crippen LogP contribution >= 0.6 is 0 Å². The van der Waals surface area contributed by atoms with Gasteiger partial charge in [-0.1, -0.05) is 89.8 Å². The number of hydrogen-bond donors (Lipinski definition) is 0. The van der Waals surface area contributed by atoms with Crippen molar-refractivity contribution in [1.82, 2.24) is 4.57 Å². The quantitative estimate of drug-likeness (QED) is 0.265. The van der Waals surface area contributed by atoms with Gasteiger partial charge in [0.1, 0.15) is 18.1 Å². The predicted molar refractivity (Wildman–Crippen MR) is 112 cm³/mol. The molecule has 0 spiro atoms. The minimum absolute atomic E-state index is 1.07. The van der Waals surface area contributed by atoms with E-state index in [9.17, 15) is 0 Å². The van der Waals surface area contributed by atoms with Gasteiger partial charge in [0.15, 0.2) is 0 Å². The summed E-state index contributed by atoms with van der Waals surface area (Å²) in [6.07, 6.45) is 21.0. The Morgan fingerprint density at radius 3 is 1.88 bits per heavy atom.